The van der Waals surface area contributed by atoms with E-state index in [-0.39, 0.29) is 9.41 Å². The van der Waals surface area contributed by atoms with E-state index in [1.807, 2.05) is 0 Å². The first-order chi connectivity index (χ1) is 17.8. The third-order valence-corrected chi connectivity index (χ3v) is 4.58. The molecule has 268 valence electrons. The lowest BCUT2D eigenvalue weighted by atomic mass is 10.2. The quantitative estimate of drug-likeness (QED) is 0.199. The molecule has 0 saturated heterocycles. The number of rotatable bonds is 9. The molecule has 0 N–H and O–H groups in total. The molecule has 0 rings (SSSR count). The van der Waals surface area contributed by atoms with Gasteiger partial charge in [-0.1, -0.05) is 7.77 Å². The SMILES string of the molecule is C=C(F)F.F.O=C(F)C(F)(F)C(F)(F)S(=O)(=O)F.O=C(F)C(F)(OC(F)(F)C(F)(F)C(F)(F)S(=O)(=O)F)C(F)(F)F.O=P.[F-]. The van der Waals surface area contributed by atoms with Gasteiger partial charge in [-0.15, -0.1) is 0 Å². The summed E-state index contributed by atoms with van der Waals surface area (Å²) in [6.07, 6.45) is -16.4. The zero-order valence-corrected chi connectivity index (χ0v) is 21.3. The number of ether oxygens (including phenoxy) is 1. The zero-order valence-electron chi connectivity index (χ0n) is 18.6. The average Bonchev–Trinajstić information content (AvgIpc) is 2.71. The summed E-state index contributed by atoms with van der Waals surface area (Å²) in [5, 5.41) is -13.8. The second kappa shape index (κ2) is 16.7. The summed E-state index contributed by atoms with van der Waals surface area (Å²) >= 11 is 0. The second-order valence-electron chi connectivity index (χ2n) is 5.66. The van der Waals surface area contributed by atoms with E-state index in [0.717, 1.165) is 0 Å². The molecule has 33 heteroatoms. The zero-order chi connectivity index (χ0) is 35.9. The van der Waals surface area contributed by atoms with Gasteiger partial charge in [0, 0.05) is 0 Å². The molecule has 0 amide bonds. The van der Waals surface area contributed by atoms with Crippen molar-refractivity contribution in [2.75, 3.05) is 0 Å². The largest absolute Gasteiger partial charge is 1.00 e. The normalized spacial score (nSPS) is 14.2. The van der Waals surface area contributed by atoms with Crippen LogP contribution in [0.15, 0.2) is 12.7 Å². The number of carbonyl (C=O) groups excluding carboxylic acids is 2. The molecule has 0 bridgehead atoms. The molecule has 0 fully saturated rings. The maximum absolute atomic E-state index is 12.8. The lowest BCUT2D eigenvalue weighted by Crippen LogP contribution is -3.00. The highest BCUT2D eigenvalue weighted by Crippen LogP contribution is 2.52. The Morgan fingerprint density at radius 3 is 1.00 bits per heavy atom. The van der Waals surface area contributed by atoms with Crippen molar-refractivity contribution in [3.8, 4) is 0 Å². The fraction of sp³-hybridized carbons (Fsp3) is 0.636. The third kappa shape index (κ3) is 12.1. The molecule has 0 aromatic heterocycles. The van der Waals surface area contributed by atoms with Crippen molar-refractivity contribution in [1.82, 2.24) is 0 Å². The standard InChI is InChI=1S/C6F12O4S.C3F6O3S.C2H2F2.2FH.HOP/c7-1(19)2(8,4(11,12)13)22-5(14,15)3(9,10)6(16,17)23(18,20)21;4-1(10)2(5,6)3(7,8)13(9,11)12;1-2(3)4;;;1-2/h;;1H2;2*1H;2H/p-1. The number of hydrogen-bond donors (Lipinski definition) is 0. The van der Waals surface area contributed by atoms with Crippen LogP contribution < -0.4 is 4.70 Å². The van der Waals surface area contributed by atoms with Crippen LogP contribution in [0.25, 0.3) is 0 Å². The first-order valence-electron chi connectivity index (χ1n) is 7.66. The van der Waals surface area contributed by atoms with Crippen LogP contribution in [-0.2, 0) is 39.3 Å². The first kappa shape index (κ1) is 54.0. The van der Waals surface area contributed by atoms with Crippen molar-refractivity contribution in [1.29, 1.82) is 0 Å². The highest BCUT2D eigenvalue weighted by atomic mass is 32.3. The minimum atomic E-state index is -7.88. The van der Waals surface area contributed by atoms with E-state index < -0.39 is 79.1 Å². The van der Waals surface area contributed by atoms with Crippen LogP contribution in [0.2, 0.25) is 0 Å². The van der Waals surface area contributed by atoms with Gasteiger partial charge < -0.3 is 4.70 Å². The molecule has 1 unspecified atom stereocenters. The molecule has 0 aliphatic heterocycles. The van der Waals surface area contributed by atoms with E-state index in [1.54, 1.807) is 9.12 Å². The fourth-order valence-electron chi connectivity index (χ4n) is 1.04. The topological polar surface area (TPSA) is 129 Å². The summed E-state index contributed by atoms with van der Waals surface area (Å²) in [4.78, 5) is 18.9. The van der Waals surface area contributed by atoms with Gasteiger partial charge in [-0.3, -0.25) is 23.6 Å². The van der Waals surface area contributed by atoms with Gasteiger partial charge in [0.15, 0.2) is 0 Å². The minimum Gasteiger partial charge on any atom is -1.00 e. The summed E-state index contributed by atoms with van der Waals surface area (Å²) in [7, 11) is -13.2. The number of alkyl halides is 14. The molecule has 0 aromatic carbocycles. The van der Waals surface area contributed by atoms with E-state index in [1.165, 1.54) is 4.74 Å². The molecular formula is C11H4F22O8PS2-. The molecule has 0 aliphatic carbocycles. The molecular weight excluding hydrogens is 773 g/mol. The molecule has 1 atom stereocenters. The van der Waals surface area contributed by atoms with Crippen molar-refractivity contribution in [3.63, 3.8) is 0 Å². The lowest BCUT2D eigenvalue weighted by molar-refractivity contribution is -0.453. The van der Waals surface area contributed by atoms with E-state index >= 15 is 0 Å². The van der Waals surface area contributed by atoms with E-state index in [2.05, 4.69) is 6.58 Å². The maximum Gasteiger partial charge on any atom is 0.459 e. The van der Waals surface area contributed by atoms with Crippen LogP contribution in [0, 0.1) is 0 Å². The fourth-order valence-corrected chi connectivity index (χ4v) is 1.85. The molecule has 0 radical (unpaired) electrons. The van der Waals surface area contributed by atoms with Crippen LogP contribution in [0.3, 0.4) is 0 Å². The maximum atomic E-state index is 12.8. The predicted octanol–water partition coefficient (Wildman–Crippen LogP) is 2.89. The summed E-state index contributed by atoms with van der Waals surface area (Å²) in [6.45, 7) is 2.22. The summed E-state index contributed by atoms with van der Waals surface area (Å²) in [5.41, 5.74) is 0. The van der Waals surface area contributed by atoms with Gasteiger partial charge in [-0.05, 0) is 6.58 Å². The van der Waals surface area contributed by atoms with Crippen LogP contribution in [-0.4, -0.2) is 69.4 Å². The number of hydrogen-bond acceptors (Lipinski definition) is 8. The Labute approximate surface area is 227 Å². The van der Waals surface area contributed by atoms with E-state index in [9.17, 15) is 113 Å². The summed E-state index contributed by atoms with van der Waals surface area (Å²) in [6, 6.07) is -8.44. The first-order valence-corrected chi connectivity index (χ1v) is 10.8. The summed E-state index contributed by atoms with van der Waals surface area (Å²) in [5.74, 6) is -20.8. The Bertz CT molecular complexity index is 1180. The lowest BCUT2D eigenvalue weighted by Gasteiger charge is -2.33. The predicted molar refractivity (Wildman–Crippen MR) is 90.9 cm³/mol. The smallest absolute Gasteiger partial charge is 0.459 e. The molecule has 44 heavy (non-hydrogen) atoms. The van der Waals surface area contributed by atoms with Gasteiger partial charge in [-0.25, -0.2) is 0 Å². The molecule has 0 aromatic rings. The Balaban J connectivity index is -0.000000146. The van der Waals surface area contributed by atoms with Crippen molar-refractivity contribution in [3.05, 3.63) is 12.7 Å². The van der Waals surface area contributed by atoms with Crippen molar-refractivity contribution >= 4 is 41.6 Å². The van der Waals surface area contributed by atoms with E-state index in [0.29, 0.717) is 0 Å². The van der Waals surface area contributed by atoms with Crippen molar-refractivity contribution in [2.45, 2.75) is 40.5 Å². The van der Waals surface area contributed by atoms with Gasteiger partial charge in [0.1, 0.15) is 9.12 Å². The Morgan fingerprint density at radius 2 is 0.864 bits per heavy atom. The van der Waals surface area contributed by atoms with Gasteiger partial charge in [0.2, 0.25) is 0 Å². The van der Waals surface area contributed by atoms with Gasteiger partial charge in [-0.2, -0.15) is 95.9 Å². The van der Waals surface area contributed by atoms with Crippen LogP contribution in [0.5, 0.6) is 0 Å². The van der Waals surface area contributed by atoms with Crippen LogP contribution in [0.4, 0.5) is 91.5 Å². The Morgan fingerprint density at radius 1 is 0.614 bits per heavy atom. The second-order valence-corrected chi connectivity index (χ2v) is 8.43. The summed E-state index contributed by atoms with van der Waals surface area (Å²) < 4.78 is 285. The van der Waals surface area contributed by atoms with Gasteiger partial charge in [0.05, 0.1) is 0 Å². The highest BCUT2D eigenvalue weighted by molar-refractivity contribution is 7.87. The Hall–Kier alpha value is -2.50. The number of halogens is 22. The highest BCUT2D eigenvalue weighted by Gasteiger charge is 2.83. The van der Waals surface area contributed by atoms with Crippen LogP contribution in [0.1, 0.15) is 0 Å². The third-order valence-electron chi connectivity index (χ3n) is 2.84. The Kier molecular flexibility index (Phi) is 20.5. The molecule has 0 aliphatic rings. The van der Waals surface area contributed by atoms with Gasteiger partial charge >= 0.3 is 73.0 Å². The molecule has 0 heterocycles. The molecule has 8 nitrogen and oxygen atoms in total. The van der Waals surface area contributed by atoms with Gasteiger partial charge in [0.25, 0.3) is 6.08 Å². The van der Waals surface area contributed by atoms with Crippen molar-refractivity contribution < 1.29 is 132 Å². The number of carbonyl (C=O) groups is 2. The minimum absolute atomic E-state index is 0. The van der Waals surface area contributed by atoms with E-state index in [4.69, 9.17) is 4.57 Å². The van der Waals surface area contributed by atoms with Crippen molar-refractivity contribution in [2.24, 2.45) is 0 Å². The monoisotopic (exact) mass is 777 g/mol. The van der Waals surface area contributed by atoms with Crippen LogP contribution >= 0.6 is 9.12 Å². The molecule has 0 spiro atoms. The average molecular weight is 777 g/mol. The molecule has 0 saturated carbocycles.